The van der Waals surface area contributed by atoms with Crippen molar-refractivity contribution in [2.24, 2.45) is 0 Å². The van der Waals surface area contributed by atoms with E-state index >= 15 is 0 Å². The van der Waals surface area contributed by atoms with Gasteiger partial charge in [-0.05, 0) is 53.8 Å². The molecule has 6 heteroatoms. The minimum Gasteiger partial charge on any atom is -0.489 e. The number of thiophene rings is 1. The highest BCUT2D eigenvalue weighted by molar-refractivity contribution is 7.17. The first-order chi connectivity index (χ1) is 17.1. The molecule has 2 heterocycles. The molecule has 5 nitrogen and oxygen atoms in total. The predicted molar refractivity (Wildman–Crippen MR) is 137 cm³/mol. The Hall–Kier alpha value is -3.95. The smallest absolute Gasteiger partial charge is 0.304 e. The van der Waals surface area contributed by atoms with Gasteiger partial charge in [-0.2, -0.15) is 0 Å². The van der Waals surface area contributed by atoms with Gasteiger partial charge in [-0.25, -0.2) is 0 Å². The average Bonchev–Trinajstić information content (AvgIpc) is 3.30. The zero-order valence-electron chi connectivity index (χ0n) is 19.2. The molecule has 5 rings (SSSR count). The van der Waals surface area contributed by atoms with Gasteiger partial charge in [0.25, 0.3) is 0 Å². The number of fused-ring (bicyclic) bond motifs is 2. The third-order valence-electron chi connectivity index (χ3n) is 5.88. The monoisotopic (exact) mass is 484 g/mol. The van der Waals surface area contributed by atoms with Crippen molar-refractivity contribution in [2.75, 3.05) is 13.2 Å². The molecule has 0 saturated carbocycles. The number of hydrogen-bond acceptors (Lipinski definition) is 5. The van der Waals surface area contributed by atoms with Crippen LogP contribution in [0.3, 0.4) is 0 Å². The first-order valence-electron chi connectivity index (χ1n) is 11.4. The summed E-state index contributed by atoms with van der Waals surface area (Å²) in [4.78, 5) is 11.1. The Labute approximate surface area is 207 Å². The van der Waals surface area contributed by atoms with Gasteiger partial charge in [0.05, 0.1) is 12.3 Å². The van der Waals surface area contributed by atoms with E-state index in [2.05, 4.69) is 41.5 Å². The summed E-state index contributed by atoms with van der Waals surface area (Å²) in [6.07, 6.45) is -0.0220. The summed E-state index contributed by atoms with van der Waals surface area (Å²) in [6, 6.07) is 19.9. The van der Waals surface area contributed by atoms with Crippen molar-refractivity contribution in [3.05, 3.63) is 77.2 Å². The molecule has 1 aliphatic heterocycles. The van der Waals surface area contributed by atoms with E-state index in [1.165, 1.54) is 4.70 Å². The molecule has 0 bridgehead atoms. The van der Waals surface area contributed by atoms with E-state index in [0.29, 0.717) is 19.8 Å². The lowest BCUT2D eigenvalue weighted by atomic mass is 9.96. The minimum atomic E-state index is -0.864. The second-order valence-corrected chi connectivity index (χ2v) is 9.12. The number of rotatable bonds is 7. The van der Waals surface area contributed by atoms with Crippen molar-refractivity contribution in [2.45, 2.75) is 25.9 Å². The summed E-state index contributed by atoms with van der Waals surface area (Å²) in [7, 11) is 0. The molecule has 35 heavy (non-hydrogen) atoms. The van der Waals surface area contributed by atoms with Gasteiger partial charge in [0.15, 0.2) is 11.5 Å². The van der Waals surface area contributed by atoms with Gasteiger partial charge < -0.3 is 19.3 Å². The van der Waals surface area contributed by atoms with Crippen LogP contribution in [-0.4, -0.2) is 24.3 Å². The number of carboxylic acid groups (broad SMARTS) is 1. The van der Waals surface area contributed by atoms with Crippen molar-refractivity contribution in [1.82, 2.24) is 0 Å². The predicted octanol–water partition coefficient (Wildman–Crippen LogP) is 6.50. The standard InChI is InChI=1S/C29H24O5S/c1-2-4-21(16-28(30)31)20-8-10-22(11-9-20)34-17-19-7-12-27-24(15-19)25(18-35-27)23-5-3-6-26-29(23)33-14-13-32-26/h3,5-12,15,18,21H,13-14,16-17H2,1H3,(H,30,31)/t21-/m0/s1. The van der Waals surface area contributed by atoms with E-state index < -0.39 is 5.97 Å². The molecule has 1 N–H and O–H groups in total. The van der Waals surface area contributed by atoms with E-state index in [1.54, 1.807) is 18.3 Å². The van der Waals surface area contributed by atoms with Crippen LogP contribution in [0.2, 0.25) is 0 Å². The molecule has 0 saturated heterocycles. The second kappa shape index (κ2) is 10.1. The number of ether oxygens (including phenoxy) is 3. The van der Waals surface area contributed by atoms with Crippen LogP contribution in [0, 0.1) is 11.8 Å². The van der Waals surface area contributed by atoms with Crippen LogP contribution in [0.4, 0.5) is 0 Å². The van der Waals surface area contributed by atoms with Crippen LogP contribution in [0.5, 0.6) is 17.2 Å². The maximum absolute atomic E-state index is 11.1. The maximum Gasteiger partial charge on any atom is 0.304 e. The second-order valence-electron chi connectivity index (χ2n) is 8.21. The Morgan fingerprint density at radius 2 is 1.91 bits per heavy atom. The molecule has 1 aromatic heterocycles. The largest absolute Gasteiger partial charge is 0.489 e. The Kier molecular flexibility index (Phi) is 6.60. The fourth-order valence-electron chi connectivity index (χ4n) is 4.22. The number of para-hydroxylation sites is 1. The Balaban J connectivity index is 1.35. The van der Waals surface area contributed by atoms with E-state index in [0.717, 1.165) is 44.9 Å². The van der Waals surface area contributed by atoms with Crippen molar-refractivity contribution in [1.29, 1.82) is 0 Å². The SMILES string of the molecule is CC#C[C@@H](CC(=O)O)c1ccc(OCc2ccc3scc(-c4cccc5c4OCCO5)c3c2)cc1. The quantitative estimate of drug-likeness (QED) is 0.303. The fraction of sp³-hybridized carbons (Fsp3) is 0.207. The zero-order chi connectivity index (χ0) is 24.2. The Bertz CT molecular complexity index is 1430. The van der Waals surface area contributed by atoms with Crippen LogP contribution >= 0.6 is 11.3 Å². The molecule has 1 aliphatic rings. The molecule has 3 aromatic carbocycles. The number of aliphatic carboxylic acids is 1. The van der Waals surface area contributed by atoms with E-state index in [9.17, 15) is 4.79 Å². The van der Waals surface area contributed by atoms with Gasteiger partial charge in [0.1, 0.15) is 25.6 Å². The molecule has 176 valence electrons. The number of benzene rings is 3. The van der Waals surface area contributed by atoms with E-state index in [-0.39, 0.29) is 12.3 Å². The van der Waals surface area contributed by atoms with Crippen LogP contribution < -0.4 is 14.2 Å². The lowest BCUT2D eigenvalue weighted by molar-refractivity contribution is -0.137. The summed E-state index contributed by atoms with van der Waals surface area (Å²) >= 11 is 1.70. The Morgan fingerprint density at radius 3 is 2.71 bits per heavy atom. The Morgan fingerprint density at radius 1 is 1.09 bits per heavy atom. The summed E-state index contributed by atoms with van der Waals surface area (Å²) < 4.78 is 18.9. The van der Waals surface area contributed by atoms with E-state index in [4.69, 9.17) is 19.3 Å². The van der Waals surface area contributed by atoms with Crippen molar-refractivity contribution in [3.8, 4) is 40.2 Å². The zero-order valence-corrected chi connectivity index (χ0v) is 20.1. The molecular formula is C29H24O5S. The van der Waals surface area contributed by atoms with Crippen molar-refractivity contribution >= 4 is 27.4 Å². The molecular weight excluding hydrogens is 460 g/mol. The highest BCUT2D eigenvalue weighted by Gasteiger charge is 2.19. The van der Waals surface area contributed by atoms with Gasteiger partial charge in [-0.1, -0.05) is 36.3 Å². The summed E-state index contributed by atoms with van der Waals surface area (Å²) in [5.74, 6) is 6.90. The van der Waals surface area contributed by atoms with Gasteiger partial charge in [-0.15, -0.1) is 17.3 Å². The lowest BCUT2D eigenvalue weighted by Gasteiger charge is -2.20. The maximum atomic E-state index is 11.1. The molecule has 0 fully saturated rings. The van der Waals surface area contributed by atoms with Gasteiger partial charge >= 0.3 is 5.97 Å². The molecule has 0 radical (unpaired) electrons. The van der Waals surface area contributed by atoms with Crippen molar-refractivity contribution < 1.29 is 24.1 Å². The normalized spacial score (nSPS) is 13.1. The summed E-state index contributed by atoms with van der Waals surface area (Å²) in [5, 5.41) is 12.5. The topological polar surface area (TPSA) is 65.0 Å². The fourth-order valence-corrected chi connectivity index (χ4v) is 5.17. The molecule has 1 atom stereocenters. The molecule has 0 amide bonds. The van der Waals surface area contributed by atoms with Crippen LogP contribution in [-0.2, 0) is 11.4 Å². The lowest BCUT2D eigenvalue weighted by Crippen LogP contribution is -2.15. The number of carboxylic acids is 1. The third-order valence-corrected chi connectivity index (χ3v) is 6.84. The number of carbonyl (C=O) groups is 1. The molecule has 0 spiro atoms. The molecule has 4 aromatic rings. The molecule has 0 unspecified atom stereocenters. The van der Waals surface area contributed by atoms with Gasteiger partial charge in [0, 0.05) is 21.2 Å². The minimum absolute atomic E-state index is 0.0220. The van der Waals surface area contributed by atoms with Gasteiger partial charge in [-0.3, -0.25) is 4.79 Å². The van der Waals surface area contributed by atoms with E-state index in [1.807, 2.05) is 36.4 Å². The third kappa shape index (κ3) is 4.96. The van der Waals surface area contributed by atoms with Gasteiger partial charge in [0.2, 0.25) is 0 Å². The van der Waals surface area contributed by atoms with Crippen molar-refractivity contribution in [3.63, 3.8) is 0 Å². The first kappa shape index (κ1) is 22.8. The average molecular weight is 485 g/mol. The first-order valence-corrected chi connectivity index (χ1v) is 12.3. The van der Waals surface area contributed by atoms with Crippen LogP contribution in [0.15, 0.2) is 66.0 Å². The van der Waals surface area contributed by atoms with Crippen LogP contribution in [0.1, 0.15) is 30.4 Å². The highest BCUT2D eigenvalue weighted by Crippen LogP contribution is 2.44. The summed E-state index contributed by atoms with van der Waals surface area (Å²) in [6.45, 7) is 3.25. The summed E-state index contributed by atoms with van der Waals surface area (Å²) in [5.41, 5.74) is 4.09. The highest BCUT2D eigenvalue weighted by atomic mass is 32.1. The molecule has 0 aliphatic carbocycles. The van der Waals surface area contributed by atoms with Crippen LogP contribution in [0.25, 0.3) is 21.2 Å². The number of hydrogen-bond donors (Lipinski definition) is 1.